The van der Waals surface area contributed by atoms with Gasteiger partial charge in [0.1, 0.15) is 5.88 Å². The summed E-state index contributed by atoms with van der Waals surface area (Å²) in [6.45, 7) is 2.24. The van der Waals surface area contributed by atoms with E-state index in [-0.39, 0.29) is 0 Å². The van der Waals surface area contributed by atoms with Gasteiger partial charge in [-0.3, -0.25) is 0 Å². The lowest BCUT2D eigenvalue weighted by Crippen LogP contribution is -1.86. The molecule has 0 amide bonds. The number of aromatic nitrogens is 2. The molecule has 92 valence electrons. The highest BCUT2D eigenvalue weighted by Gasteiger charge is 2.03. The fraction of sp³-hybridized carbons (Fsp3) is 0.833. The van der Waals surface area contributed by atoms with Crippen molar-refractivity contribution < 1.29 is 4.42 Å². The van der Waals surface area contributed by atoms with Gasteiger partial charge in [0.15, 0.2) is 0 Å². The second-order valence-electron chi connectivity index (χ2n) is 4.09. The number of halogens is 1. The zero-order valence-electron chi connectivity index (χ0n) is 10.0. The third-order valence-electron chi connectivity index (χ3n) is 2.62. The summed E-state index contributed by atoms with van der Waals surface area (Å²) in [4.78, 5) is 0. The lowest BCUT2D eigenvalue weighted by atomic mass is 10.1. The number of nitrogens with zero attached hydrogens (tertiary/aromatic N) is 2. The first-order valence-electron chi connectivity index (χ1n) is 6.24. The van der Waals surface area contributed by atoms with Crippen molar-refractivity contribution in [2.45, 2.75) is 64.2 Å². The third-order valence-corrected chi connectivity index (χ3v) is 2.85. The standard InChI is InChI=1S/C12H21ClN2O/c1-2-3-4-5-6-7-8-9-11-14-15-12(10-13)16-11/h2-10H2,1H3. The molecule has 1 aromatic rings. The molecular formula is C12H21ClN2O. The quantitative estimate of drug-likeness (QED) is 0.485. The van der Waals surface area contributed by atoms with Crippen molar-refractivity contribution in [1.82, 2.24) is 10.2 Å². The Labute approximate surface area is 103 Å². The molecule has 0 saturated heterocycles. The molecule has 0 spiro atoms. The van der Waals surface area contributed by atoms with Crippen LogP contribution in [0.3, 0.4) is 0 Å². The van der Waals surface area contributed by atoms with E-state index in [1.54, 1.807) is 0 Å². The Bertz CT molecular complexity index is 276. The maximum absolute atomic E-state index is 5.58. The van der Waals surface area contributed by atoms with E-state index < -0.39 is 0 Å². The minimum absolute atomic E-state index is 0.310. The van der Waals surface area contributed by atoms with Crippen LogP contribution in [0.2, 0.25) is 0 Å². The molecule has 1 rings (SSSR count). The normalized spacial score (nSPS) is 10.9. The van der Waals surface area contributed by atoms with Crippen LogP contribution >= 0.6 is 11.6 Å². The molecule has 0 N–H and O–H groups in total. The molecule has 0 fully saturated rings. The summed E-state index contributed by atoms with van der Waals surface area (Å²) in [5, 5.41) is 7.76. The number of hydrogen-bond donors (Lipinski definition) is 0. The first kappa shape index (κ1) is 13.5. The smallest absolute Gasteiger partial charge is 0.231 e. The number of hydrogen-bond acceptors (Lipinski definition) is 3. The average Bonchev–Trinajstić information content (AvgIpc) is 2.76. The predicted molar refractivity (Wildman–Crippen MR) is 65.6 cm³/mol. The van der Waals surface area contributed by atoms with E-state index in [1.165, 1.54) is 38.5 Å². The van der Waals surface area contributed by atoms with Gasteiger partial charge in [0, 0.05) is 6.42 Å². The molecule has 0 aromatic carbocycles. The minimum Gasteiger partial charge on any atom is -0.424 e. The third kappa shape index (κ3) is 5.50. The SMILES string of the molecule is CCCCCCCCCc1nnc(CCl)o1. The van der Waals surface area contributed by atoms with Gasteiger partial charge in [-0.05, 0) is 6.42 Å². The van der Waals surface area contributed by atoms with Gasteiger partial charge in [0.05, 0.1) is 0 Å². The topological polar surface area (TPSA) is 38.9 Å². The Hall–Kier alpha value is -0.570. The Kier molecular flexibility index (Phi) is 7.23. The van der Waals surface area contributed by atoms with E-state index in [1.807, 2.05) is 0 Å². The van der Waals surface area contributed by atoms with Gasteiger partial charge < -0.3 is 4.42 Å². The summed E-state index contributed by atoms with van der Waals surface area (Å²) in [5.74, 6) is 1.56. The molecule has 0 radical (unpaired) electrons. The molecule has 3 nitrogen and oxygen atoms in total. The zero-order valence-corrected chi connectivity index (χ0v) is 10.8. The van der Waals surface area contributed by atoms with Gasteiger partial charge >= 0.3 is 0 Å². The van der Waals surface area contributed by atoms with Crippen LogP contribution in [0.5, 0.6) is 0 Å². The minimum atomic E-state index is 0.310. The average molecular weight is 245 g/mol. The monoisotopic (exact) mass is 244 g/mol. The molecular weight excluding hydrogens is 224 g/mol. The lowest BCUT2D eigenvalue weighted by molar-refractivity contribution is 0.452. The number of alkyl halides is 1. The maximum atomic E-state index is 5.58. The molecule has 0 saturated carbocycles. The molecule has 0 atom stereocenters. The van der Waals surface area contributed by atoms with Crippen molar-refractivity contribution in [3.8, 4) is 0 Å². The van der Waals surface area contributed by atoms with Crippen molar-refractivity contribution >= 4 is 11.6 Å². The number of aryl methyl sites for hydroxylation is 1. The molecule has 1 aromatic heterocycles. The fourth-order valence-corrected chi connectivity index (χ4v) is 1.78. The van der Waals surface area contributed by atoms with Crippen LogP contribution in [0, 0.1) is 0 Å². The van der Waals surface area contributed by atoms with Crippen LogP contribution in [-0.4, -0.2) is 10.2 Å². The highest BCUT2D eigenvalue weighted by atomic mass is 35.5. The second kappa shape index (κ2) is 8.57. The lowest BCUT2D eigenvalue weighted by Gasteiger charge is -1.98. The van der Waals surface area contributed by atoms with Gasteiger partial charge in [-0.2, -0.15) is 0 Å². The summed E-state index contributed by atoms with van der Waals surface area (Å²) in [5.41, 5.74) is 0. The van der Waals surface area contributed by atoms with Crippen LogP contribution < -0.4 is 0 Å². The van der Waals surface area contributed by atoms with Gasteiger partial charge in [-0.1, -0.05) is 45.4 Å². The van der Waals surface area contributed by atoms with E-state index in [4.69, 9.17) is 16.0 Å². The van der Waals surface area contributed by atoms with Crippen LogP contribution in [0.25, 0.3) is 0 Å². The Morgan fingerprint density at radius 3 is 2.19 bits per heavy atom. The van der Waals surface area contributed by atoms with Gasteiger partial charge in [0.2, 0.25) is 11.8 Å². The number of rotatable bonds is 9. The summed E-state index contributed by atoms with van der Waals surface area (Å²) < 4.78 is 5.32. The molecule has 4 heteroatoms. The van der Waals surface area contributed by atoms with Crippen LogP contribution in [-0.2, 0) is 12.3 Å². The molecule has 0 aliphatic carbocycles. The molecule has 0 aliphatic heterocycles. The first-order valence-corrected chi connectivity index (χ1v) is 6.77. The van der Waals surface area contributed by atoms with Gasteiger partial charge in [-0.15, -0.1) is 21.8 Å². The highest BCUT2D eigenvalue weighted by molar-refractivity contribution is 6.16. The van der Waals surface area contributed by atoms with Crippen molar-refractivity contribution in [2.75, 3.05) is 0 Å². The van der Waals surface area contributed by atoms with E-state index in [0.29, 0.717) is 11.8 Å². The first-order chi connectivity index (χ1) is 7.86. The van der Waals surface area contributed by atoms with E-state index >= 15 is 0 Å². The largest absolute Gasteiger partial charge is 0.424 e. The van der Waals surface area contributed by atoms with Gasteiger partial charge in [-0.25, -0.2) is 0 Å². The van der Waals surface area contributed by atoms with E-state index in [0.717, 1.165) is 18.7 Å². The molecule has 0 unspecified atom stereocenters. The van der Waals surface area contributed by atoms with Crippen LogP contribution in [0.1, 0.15) is 63.7 Å². The fourth-order valence-electron chi connectivity index (χ4n) is 1.68. The van der Waals surface area contributed by atoms with Crippen molar-refractivity contribution in [2.24, 2.45) is 0 Å². The van der Waals surface area contributed by atoms with E-state index in [9.17, 15) is 0 Å². The summed E-state index contributed by atoms with van der Waals surface area (Å²) in [6, 6.07) is 0. The van der Waals surface area contributed by atoms with Crippen molar-refractivity contribution in [3.05, 3.63) is 11.8 Å². The summed E-state index contributed by atoms with van der Waals surface area (Å²) >= 11 is 5.58. The Morgan fingerprint density at radius 1 is 0.938 bits per heavy atom. The molecule has 16 heavy (non-hydrogen) atoms. The number of unbranched alkanes of at least 4 members (excludes halogenated alkanes) is 6. The van der Waals surface area contributed by atoms with Gasteiger partial charge in [0.25, 0.3) is 0 Å². The van der Waals surface area contributed by atoms with Crippen LogP contribution in [0.4, 0.5) is 0 Å². The second-order valence-corrected chi connectivity index (χ2v) is 4.36. The Morgan fingerprint density at radius 2 is 1.56 bits per heavy atom. The summed E-state index contributed by atoms with van der Waals surface area (Å²) in [6.07, 6.45) is 9.98. The highest BCUT2D eigenvalue weighted by Crippen LogP contribution is 2.10. The molecule has 1 heterocycles. The molecule has 0 bridgehead atoms. The zero-order chi connectivity index (χ0) is 11.6. The summed E-state index contributed by atoms with van der Waals surface area (Å²) in [7, 11) is 0. The predicted octanol–water partition coefficient (Wildman–Crippen LogP) is 4.10. The Balaban J connectivity index is 1.98. The van der Waals surface area contributed by atoms with Crippen molar-refractivity contribution in [1.29, 1.82) is 0 Å². The van der Waals surface area contributed by atoms with Crippen LogP contribution in [0.15, 0.2) is 4.42 Å². The van der Waals surface area contributed by atoms with E-state index in [2.05, 4.69) is 17.1 Å². The maximum Gasteiger partial charge on any atom is 0.231 e. The molecule has 0 aliphatic rings. The van der Waals surface area contributed by atoms with Crippen molar-refractivity contribution in [3.63, 3.8) is 0 Å².